The van der Waals surface area contributed by atoms with Crippen LogP contribution in [0.15, 0.2) is 55.2 Å². The maximum absolute atomic E-state index is 4.67. The molecule has 0 atom stereocenters. The van der Waals surface area contributed by atoms with Crippen molar-refractivity contribution in [1.29, 1.82) is 0 Å². The third-order valence-electron chi connectivity index (χ3n) is 4.52. The van der Waals surface area contributed by atoms with Gasteiger partial charge in [-0.05, 0) is 39.8 Å². The van der Waals surface area contributed by atoms with Gasteiger partial charge in [-0.1, -0.05) is 18.2 Å². The summed E-state index contributed by atoms with van der Waals surface area (Å²) in [5, 5.41) is 0. The predicted molar refractivity (Wildman–Crippen MR) is 101 cm³/mol. The van der Waals surface area contributed by atoms with E-state index in [1.54, 1.807) is 12.5 Å². The molecule has 5 heteroatoms. The lowest BCUT2D eigenvalue weighted by Crippen LogP contribution is -2.38. The fraction of sp³-hybridized carbons (Fsp3) is 0.400. The van der Waals surface area contributed by atoms with Crippen LogP contribution in [0.2, 0.25) is 0 Å². The summed E-state index contributed by atoms with van der Waals surface area (Å²) in [5.74, 6) is 0.874. The van der Waals surface area contributed by atoms with Gasteiger partial charge >= 0.3 is 0 Å². The molecular formula is C20H27N5. The van der Waals surface area contributed by atoms with Crippen LogP contribution in [0, 0.1) is 0 Å². The van der Waals surface area contributed by atoms with E-state index in [1.165, 1.54) is 5.69 Å². The van der Waals surface area contributed by atoms with Crippen molar-refractivity contribution in [3.63, 3.8) is 0 Å². The normalized spacial score (nSPS) is 11.8. The fourth-order valence-electron chi connectivity index (χ4n) is 3.33. The molecule has 0 aliphatic rings. The van der Waals surface area contributed by atoms with Crippen LogP contribution in [-0.2, 0) is 6.42 Å². The van der Waals surface area contributed by atoms with E-state index in [9.17, 15) is 0 Å². The van der Waals surface area contributed by atoms with Gasteiger partial charge in [0.25, 0.3) is 0 Å². The summed E-state index contributed by atoms with van der Waals surface area (Å²) in [6.45, 7) is 10.0. The van der Waals surface area contributed by atoms with E-state index in [-0.39, 0.29) is 0 Å². The van der Waals surface area contributed by atoms with Crippen molar-refractivity contribution in [2.75, 3.05) is 6.54 Å². The summed E-state index contributed by atoms with van der Waals surface area (Å²) >= 11 is 0. The van der Waals surface area contributed by atoms with Gasteiger partial charge in [-0.15, -0.1) is 0 Å². The average molecular weight is 337 g/mol. The minimum atomic E-state index is 0.529. The number of rotatable bonds is 7. The number of para-hydroxylation sites is 1. The minimum absolute atomic E-state index is 0.529. The number of benzene rings is 1. The van der Waals surface area contributed by atoms with Gasteiger partial charge in [0, 0.05) is 48.8 Å². The van der Waals surface area contributed by atoms with Crippen molar-refractivity contribution in [2.45, 2.75) is 46.2 Å². The van der Waals surface area contributed by atoms with Crippen molar-refractivity contribution in [2.24, 2.45) is 0 Å². The van der Waals surface area contributed by atoms with Crippen LogP contribution in [0.1, 0.15) is 33.4 Å². The molecule has 1 aromatic carbocycles. The van der Waals surface area contributed by atoms with Crippen molar-refractivity contribution in [1.82, 2.24) is 24.0 Å². The second kappa shape index (κ2) is 7.66. The lowest BCUT2D eigenvalue weighted by atomic mass is 10.2. The number of nitrogens with zero attached hydrogens (tertiary/aromatic N) is 5. The Morgan fingerprint density at radius 3 is 2.36 bits per heavy atom. The second-order valence-electron chi connectivity index (χ2n) is 6.87. The van der Waals surface area contributed by atoms with Gasteiger partial charge in [0.15, 0.2) is 0 Å². The van der Waals surface area contributed by atoms with Crippen LogP contribution in [0.3, 0.4) is 0 Å². The van der Waals surface area contributed by atoms with Crippen LogP contribution in [0.5, 0.6) is 0 Å². The third kappa shape index (κ3) is 3.82. The molecule has 0 aliphatic heterocycles. The number of imidazole rings is 2. The molecule has 0 aliphatic carbocycles. The molecule has 0 spiro atoms. The molecule has 0 fully saturated rings. The SMILES string of the molecule is CC(C)N(CCc1cnc(-n2ccnc2)n1-c1ccccc1)C(C)C. The first kappa shape index (κ1) is 17.4. The van der Waals surface area contributed by atoms with Crippen LogP contribution in [-0.4, -0.2) is 42.6 Å². The molecule has 25 heavy (non-hydrogen) atoms. The highest BCUT2D eigenvalue weighted by Gasteiger charge is 2.17. The van der Waals surface area contributed by atoms with Gasteiger partial charge in [-0.2, -0.15) is 0 Å². The quantitative estimate of drug-likeness (QED) is 0.659. The Morgan fingerprint density at radius 2 is 1.76 bits per heavy atom. The lowest BCUT2D eigenvalue weighted by Gasteiger charge is -2.30. The molecule has 0 radical (unpaired) electrons. The highest BCUT2D eigenvalue weighted by atomic mass is 15.3. The highest BCUT2D eigenvalue weighted by Crippen LogP contribution is 2.19. The van der Waals surface area contributed by atoms with E-state index in [0.717, 1.165) is 24.6 Å². The zero-order chi connectivity index (χ0) is 17.8. The van der Waals surface area contributed by atoms with Crippen molar-refractivity contribution in [3.05, 3.63) is 60.9 Å². The Morgan fingerprint density at radius 1 is 1.04 bits per heavy atom. The van der Waals surface area contributed by atoms with E-state index in [4.69, 9.17) is 0 Å². The molecule has 0 saturated heterocycles. The summed E-state index contributed by atoms with van der Waals surface area (Å²) < 4.78 is 4.18. The van der Waals surface area contributed by atoms with Crippen molar-refractivity contribution >= 4 is 0 Å². The molecule has 3 aromatic rings. The summed E-state index contributed by atoms with van der Waals surface area (Å²) in [5.41, 5.74) is 2.33. The average Bonchev–Trinajstić information content (AvgIpc) is 3.24. The Hall–Kier alpha value is -2.40. The van der Waals surface area contributed by atoms with Crippen molar-refractivity contribution in [3.8, 4) is 11.6 Å². The Bertz CT molecular complexity index is 764. The Kier molecular flexibility index (Phi) is 5.34. The molecule has 0 N–H and O–H groups in total. The lowest BCUT2D eigenvalue weighted by molar-refractivity contribution is 0.176. The van der Waals surface area contributed by atoms with Crippen LogP contribution in [0.4, 0.5) is 0 Å². The first-order valence-electron chi connectivity index (χ1n) is 8.94. The van der Waals surface area contributed by atoms with Gasteiger partial charge in [0.05, 0.1) is 6.20 Å². The zero-order valence-corrected chi connectivity index (χ0v) is 15.5. The van der Waals surface area contributed by atoms with Crippen LogP contribution >= 0.6 is 0 Å². The van der Waals surface area contributed by atoms with Gasteiger partial charge in [0.2, 0.25) is 5.95 Å². The molecule has 3 rings (SSSR count). The van der Waals surface area contributed by atoms with E-state index < -0.39 is 0 Å². The fourth-order valence-corrected chi connectivity index (χ4v) is 3.33. The zero-order valence-electron chi connectivity index (χ0n) is 15.5. The first-order chi connectivity index (χ1) is 12.1. The molecular weight excluding hydrogens is 310 g/mol. The second-order valence-corrected chi connectivity index (χ2v) is 6.87. The molecule has 5 nitrogen and oxygen atoms in total. The van der Waals surface area contributed by atoms with E-state index in [1.807, 2.05) is 23.0 Å². The smallest absolute Gasteiger partial charge is 0.219 e. The van der Waals surface area contributed by atoms with Gasteiger partial charge in [-0.3, -0.25) is 14.0 Å². The number of aromatic nitrogens is 4. The van der Waals surface area contributed by atoms with E-state index >= 15 is 0 Å². The molecule has 0 bridgehead atoms. The summed E-state index contributed by atoms with van der Waals surface area (Å²) in [6, 6.07) is 11.5. The molecule has 0 unspecified atom stereocenters. The van der Waals surface area contributed by atoms with Crippen LogP contribution in [0.25, 0.3) is 11.6 Å². The van der Waals surface area contributed by atoms with Crippen molar-refractivity contribution < 1.29 is 0 Å². The number of hydrogen-bond donors (Lipinski definition) is 0. The topological polar surface area (TPSA) is 38.9 Å². The summed E-state index contributed by atoms with van der Waals surface area (Å²) in [6.07, 6.45) is 8.44. The first-order valence-corrected chi connectivity index (χ1v) is 8.94. The largest absolute Gasteiger partial charge is 0.298 e. The minimum Gasteiger partial charge on any atom is -0.298 e. The maximum Gasteiger partial charge on any atom is 0.219 e. The maximum atomic E-state index is 4.67. The molecule has 2 heterocycles. The molecule has 2 aromatic heterocycles. The highest BCUT2D eigenvalue weighted by molar-refractivity contribution is 5.39. The summed E-state index contributed by atoms with van der Waals surface area (Å²) in [7, 11) is 0. The standard InChI is InChI=1S/C20H27N5/c1-16(2)24(17(3)4)12-10-19-14-22-20(23-13-11-21-15-23)25(19)18-8-6-5-7-9-18/h5-9,11,13-17H,10,12H2,1-4H3. The number of hydrogen-bond acceptors (Lipinski definition) is 3. The Balaban J connectivity index is 1.95. The molecule has 132 valence electrons. The molecule has 0 saturated carbocycles. The molecule has 0 amide bonds. The Labute approximate surface area is 150 Å². The van der Waals surface area contributed by atoms with E-state index in [0.29, 0.717) is 12.1 Å². The van der Waals surface area contributed by atoms with Gasteiger partial charge in [-0.25, -0.2) is 9.97 Å². The van der Waals surface area contributed by atoms with Gasteiger partial charge < -0.3 is 0 Å². The summed E-state index contributed by atoms with van der Waals surface area (Å²) in [4.78, 5) is 11.3. The predicted octanol–water partition coefficient (Wildman–Crippen LogP) is 3.72. The van der Waals surface area contributed by atoms with Gasteiger partial charge in [0.1, 0.15) is 6.33 Å². The third-order valence-corrected chi connectivity index (χ3v) is 4.52. The monoisotopic (exact) mass is 337 g/mol. The van der Waals surface area contributed by atoms with Crippen LogP contribution < -0.4 is 0 Å². The van der Waals surface area contributed by atoms with E-state index in [2.05, 4.69) is 71.4 Å².